The van der Waals surface area contributed by atoms with Gasteiger partial charge in [-0.1, -0.05) is 85.1 Å². The molecule has 4 aliphatic rings. The average Bonchev–Trinajstić information content (AvgIpc) is 3.38. The van der Waals surface area contributed by atoms with Crippen LogP contribution in [0.4, 0.5) is 0 Å². The Morgan fingerprint density at radius 3 is 2.37 bits per heavy atom. The summed E-state index contributed by atoms with van der Waals surface area (Å²) >= 11 is 0. The summed E-state index contributed by atoms with van der Waals surface area (Å²) in [4.78, 5) is 13.8. The van der Waals surface area contributed by atoms with Crippen molar-refractivity contribution in [3.05, 3.63) is 78.0 Å². The highest BCUT2D eigenvalue weighted by Crippen LogP contribution is 2.43. The molecule has 1 aromatic heterocycles. The molecule has 182 valence electrons. The average molecular weight is 472 g/mol. The lowest BCUT2D eigenvalue weighted by atomic mass is 9.69. The van der Waals surface area contributed by atoms with Crippen LogP contribution in [-0.2, 0) is 21.5 Å². The minimum absolute atomic E-state index is 0.00647. The predicted molar refractivity (Wildman–Crippen MR) is 134 cm³/mol. The summed E-state index contributed by atoms with van der Waals surface area (Å²) in [6.45, 7) is 3.96. The Kier molecular flexibility index (Phi) is 5.97. The van der Waals surface area contributed by atoms with Crippen LogP contribution < -0.4 is 0 Å². The number of quaternary nitrogens is 1. The van der Waals surface area contributed by atoms with Crippen LogP contribution in [-0.4, -0.2) is 41.3 Å². The van der Waals surface area contributed by atoms with E-state index in [0.717, 1.165) is 91.8 Å². The highest BCUT2D eigenvalue weighted by Gasteiger charge is 2.50. The van der Waals surface area contributed by atoms with Crippen LogP contribution in [0.15, 0.2) is 71.3 Å². The second-order valence-corrected chi connectivity index (χ2v) is 11.0. The quantitative estimate of drug-likeness (QED) is 0.332. The monoisotopic (exact) mass is 471 g/mol. The van der Waals surface area contributed by atoms with Crippen LogP contribution >= 0.6 is 0 Å². The highest BCUT2D eigenvalue weighted by atomic mass is 16.5. The number of hydrogen-bond acceptors (Lipinski definition) is 4. The summed E-state index contributed by atoms with van der Waals surface area (Å²) in [6, 6.07) is 22.6. The van der Waals surface area contributed by atoms with Gasteiger partial charge in [-0.15, -0.1) is 0 Å². The Morgan fingerprint density at radius 2 is 1.66 bits per heavy atom. The molecule has 2 bridgehead atoms. The summed E-state index contributed by atoms with van der Waals surface area (Å²) in [6.07, 6.45) is 7.40. The van der Waals surface area contributed by atoms with E-state index in [2.05, 4.69) is 35.5 Å². The summed E-state index contributed by atoms with van der Waals surface area (Å²) in [5.41, 5.74) is 2.69. The first kappa shape index (κ1) is 22.5. The molecule has 2 aromatic carbocycles. The van der Waals surface area contributed by atoms with Crippen molar-refractivity contribution in [2.45, 2.75) is 63.0 Å². The van der Waals surface area contributed by atoms with Gasteiger partial charge in [0.05, 0.1) is 18.5 Å². The minimum Gasteiger partial charge on any atom is -0.455 e. The number of fused-ring (bicyclic) bond motifs is 3. The summed E-state index contributed by atoms with van der Waals surface area (Å²) < 4.78 is 13.1. The van der Waals surface area contributed by atoms with Crippen molar-refractivity contribution in [1.29, 1.82) is 0 Å². The number of piperidine rings is 3. The first-order chi connectivity index (χ1) is 17.2. The molecule has 0 amide bonds. The van der Waals surface area contributed by atoms with Crippen LogP contribution in [0.2, 0.25) is 0 Å². The van der Waals surface area contributed by atoms with Gasteiger partial charge in [0.25, 0.3) is 0 Å². The Balaban J connectivity index is 1.19. The van der Waals surface area contributed by atoms with E-state index >= 15 is 0 Å². The molecule has 4 heterocycles. The van der Waals surface area contributed by atoms with Crippen LogP contribution in [0, 0.1) is 5.92 Å². The first-order valence-corrected chi connectivity index (χ1v) is 13.3. The van der Waals surface area contributed by atoms with Crippen LogP contribution in [0.25, 0.3) is 11.3 Å². The zero-order valence-electron chi connectivity index (χ0n) is 20.4. The fraction of sp³-hybridized carbons (Fsp3) is 0.467. The number of benzene rings is 2. The molecule has 1 saturated carbocycles. The van der Waals surface area contributed by atoms with Gasteiger partial charge in [0, 0.05) is 30.4 Å². The van der Waals surface area contributed by atoms with Crippen molar-refractivity contribution < 1.29 is 18.5 Å². The van der Waals surface area contributed by atoms with E-state index in [1.165, 1.54) is 6.42 Å². The number of ether oxygens (including phenoxy) is 1. The van der Waals surface area contributed by atoms with E-state index in [1.807, 2.05) is 36.4 Å². The zero-order valence-corrected chi connectivity index (χ0v) is 20.4. The molecule has 0 N–H and O–H groups in total. The van der Waals surface area contributed by atoms with E-state index < -0.39 is 5.41 Å². The minimum atomic E-state index is -0.479. The molecule has 0 spiro atoms. The molecule has 3 aliphatic heterocycles. The van der Waals surface area contributed by atoms with Crippen LogP contribution in [0.1, 0.15) is 56.2 Å². The third-order valence-electron chi connectivity index (χ3n) is 8.84. The summed E-state index contributed by atoms with van der Waals surface area (Å²) in [7, 11) is 0. The molecular weight excluding hydrogens is 436 g/mol. The largest absolute Gasteiger partial charge is 0.455 e. The van der Waals surface area contributed by atoms with Crippen molar-refractivity contribution in [3.63, 3.8) is 0 Å². The topological polar surface area (TPSA) is 52.3 Å². The van der Waals surface area contributed by atoms with Crippen molar-refractivity contribution in [1.82, 2.24) is 5.16 Å². The highest BCUT2D eigenvalue weighted by molar-refractivity contribution is 5.83. The summed E-state index contributed by atoms with van der Waals surface area (Å²) in [5.74, 6) is 1.30. The van der Waals surface area contributed by atoms with Gasteiger partial charge in [-0.25, -0.2) is 0 Å². The molecule has 3 saturated heterocycles. The number of carbonyl (C=O) groups excluding carboxylic acids is 1. The zero-order chi connectivity index (χ0) is 23.7. The standard InChI is InChI=1S/C30H35N2O3/c33-29(30(16-8-3-9-17-30)25-12-6-2-7-13-25)34-28-22-32(18-14-24(28)15-19-32)21-26-20-27(35-31-26)23-10-4-1-5-11-23/h1-2,4-7,10-13,20,24,28H,3,8-9,14-19,21-22H2/q+1/t24?,28-,32?/m0/s1. The SMILES string of the molecule is O=C(O[C@H]1C[N+]2(Cc3cc(-c4ccccc4)on3)CCC1CC2)C1(c2ccccc2)CCCCC1. The lowest BCUT2D eigenvalue weighted by molar-refractivity contribution is -0.958. The number of aromatic nitrogens is 1. The van der Waals surface area contributed by atoms with E-state index in [-0.39, 0.29) is 12.1 Å². The number of nitrogens with zero attached hydrogens (tertiary/aromatic N) is 2. The number of hydrogen-bond donors (Lipinski definition) is 0. The van der Waals surface area contributed by atoms with Gasteiger partial charge in [-0.05, 0) is 18.4 Å². The van der Waals surface area contributed by atoms with Gasteiger partial charge in [-0.2, -0.15) is 0 Å². The molecule has 7 rings (SSSR count). The number of carbonyl (C=O) groups is 1. The van der Waals surface area contributed by atoms with Crippen molar-refractivity contribution in [3.8, 4) is 11.3 Å². The third-order valence-corrected chi connectivity index (χ3v) is 8.84. The smallest absolute Gasteiger partial charge is 0.317 e. The van der Waals surface area contributed by atoms with Gasteiger partial charge in [0.15, 0.2) is 11.9 Å². The van der Waals surface area contributed by atoms with Gasteiger partial charge in [-0.3, -0.25) is 4.79 Å². The molecule has 5 heteroatoms. The second kappa shape index (κ2) is 9.27. The van der Waals surface area contributed by atoms with E-state index in [4.69, 9.17) is 9.26 Å². The van der Waals surface area contributed by atoms with E-state index in [1.54, 1.807) is 0 Å². The Bertz CT molecular complexity index is 1140. The van der Waals surface area contributed by atoms with E-state index in [0.29, 0.717) is 5.92 Å². The Morgan fingerprint density at radius 1 is 0.971 bits per heavy atom. The third kappa shape index (κ3) is 4.31. The lowest BCUT2D eigenvalue weighted by Crippen LogP contribution is -2.64. The molecule has 1 aliphatic carbocycles. The molecule has 4 fully saturated rings. The predicted octanol–water partition coefficient (Wildman–Crippen LogP) is 5.90. The number of esters is 1. The van der Waals surface area contributed by atoms with Crippen molar-refractivity contribution in [2.75, 3.05) is 19.6 Å². The van der Waals surface area contributed by atoms with Gasteiger partial charge >= 0.3 is 5.97 Å². The Labute approximate surface area is 207 Å². The fourth-order valence-corrected chi connectivity index (χ4v) is 6.82. The fourth-order valence-electron chi connectivity index (χ4n) is 6.82. The van der Waals surface area contributed by atoms with Gasteiger partial charge in [0.2, 0.25) is 0 Å². The first-order valence-electron chi connectivity index (χ1n) is 13.3. The van der Waals surface area contributed by atoms with Crippen molar-refractivity contribution >= 4 is 5.97 Å². The maximum atomic E-state index is 13.8. The number of rotatable bonds is 6. The Hall–Kier alpha value is -2.92. The normalized spacial score (nSPS) is 27.4. The van der Waals surface area contributed by atoms with Gasteiger partial charge in [0.1, 0.15) is 18.8 Å². The van der Waals surface area contributed by atoms with Crippen molar-refractivity contribution in [2.24, 2.45) is 5.92 Å². The maximum absolute atomic E-state index is 13.8. The maximum Gasteiger partial charge on any atom is 0.317 e. The second-order valence-electron chi connectivity index (χ2n) is 11.0. The molecule has 5 nitrogen and oxygen atoms in total. The molecule has 0 unspecified atom stereocenters. The molecular formula is C30H35N2O3+. The summed E-state index contributed by atoms with van der Waals surface area (Å²) in [5, 5.41) is 4.41. The molecule has 3 aromatic rings. The molecule has 0 radical (unpaired) electrons. The molecule has 35 heavy (non-hydrogen) atoms. The van der Waals surface area contributed by atoms with Gasteiger partial charge < -0.3 is 13.7 Å². The molecule has 1 atom stereocenters. The lowest BCUT2D eigenvalue weighted by Gasteiger charge is -2.52. The van der Waals surface area contributed by atoms with E-state index in [9.17, 15) is 4.79 Å². The van der Waals surface area contributed by atoms with Crippen LogP contribution in [0.3, 0.4) is 0 Å². The van der Waals surface area contributed by atoms with Crippen LogP contribution in [0.5, 0.6) is 0 Å².